The monoisotopic (exact) mass is 359 g/mol. The zero-order chi connectivity index (χ0) is 18.7. The third kappa shape index (κ3) is 4.48. The molecule has 0 bridgehead atoms. The predicted octanol–water partition coefficient (Wildman–Crippen LogP) is 4.77. The van der Waals surface area contributed by atoms with Gasteiger partial charge in [-0.25, -0.2) is 0 Å². The molecule has 2 aromatic rings. The maximum atomic E-state index is 9.47. The van der Waals surface area contributed by atoms with E-state index in [9.17, 15) is 5.11 Å². The van der Waals surface area contributed by atoms with Crippen LogP contribution in [-0.4, -0.2) is 25.5 Å². The third-order valence-electron chi connectivity index (χ3n) is 5.03. The molecule has 0 aliphatic rings. The van der Waals surface area contributed by atoms with E-state index in [4.69, 9.17) is 9.16 Å². The highest BCUT2D eigenvalue weighted by Gasteiger charge is 2.37. The number of nitrogens with zero attached hydrogens (tertiary/aromatic N) is 1. The van der Waals surface area contributed by atoms with Crippen LogP contribution >= 0.6 is 0 Å². The summed E-state index contributed by atoms with van der Waals surface area (Å²) in [5, 5.41) is 9.63. The third-order valence-corrected chi connectivity index (χ3v) is 9.51. The smallest absolute Gasteiger partial charge is 0.192 e. The van der Waals surface area contributed by atoms with Crippen LogP contribution in [-0.2, 0) is 17.6 Å². The highest BCUT2D eigenvalue weighted by atomic mass is 28.4. The first kappa shape index (κ1) is 19.6. The van der Waals surface area contributed by atoms with Crippen molar-refractivity contribution in [2.24, 2.45) is 0 Å². The van der Waals surface area contributed by atoms with Gasteiger partial charge in [0.1, 0.15) is 5.75 Å². The lowest BCUT2D eigenvalue weighted by Crippen LogP contribution is -2.40. The van der Waals surface area contributed by atoms with Crippen LogP contribution in [0, 0.1) is 0 Å². The molecule has 0 aliphatic heterocycles. The summed E-state index contributed by atoms with van der Waals surface area (Å²) < 4.78 is 11.9. The van der Waals surface area contributed by atoms with Gasteiger partial charge in [-0.3, -0.25) is 4.98 Å². The van der Waals surface area contributed by atoms with Crippen molar-refractivity contribution in [2.45, 2.75) is 52.1 Å². The maximum Gasteiger partial charge on any atom is 0.192 e. The van der Waals surface area contributed by atoms with Crippen molar-refractivity contribution >= 4 is 8.32 Å². The minimum absolute atomic E-state index is 0.00210. The highest BCUT2D eigenvalue weighted by molar-refractivity contribution is 6.74. The Hall–Kier alpha value is -1.69. The second-order valence-electron chi connectivity index (χ2n) is 7.77. The van der Waals surface area contributed by atoms with Gasteiger partial charge in [-0.15, -0.1) is 0 Å². The molecule has 0 aliphatic carbocycles. The average Bonchev–Trinajstić information content (AvgIpc) is 2.58. The van der Waals surface area contributed by atoms with Crippen molar-refractivity contribution in [3.05, 3.63) is 47.8 Å². The number of hydrogen-bond acceptors (Lipinski definition) is 4. The van der Waals surface area contributed by atoms with Crippen LogP contribution in [0.4, 0.5) is 0 Å². The molecule has 0 amide bonds. The number of rotatable bonds is 6. The van der Waals surface area contributed by atoms with Crippen LogP contribution in [0.1, 0.15) is 31.9 Å². The number of aliphatic hydroxyl groups is 1. The first-order valence-corrected chi connectivity index (χ1v) is 11.5. The van der Waals surface area contributed by atoms with E-state index in [2.05, 4.69) is 38.8 Å². The Balaban J connectivity index is 2.39. The highest BCUT2D eigenvalue weighted by Crippen LogP contribution is 2.38. The Bertz CT molecular complexity index is 723. The van der Waals surface area contributed by atoms with E-state index in [0.717, 1.165) is 28.0 Å². The first-order valence-electron chi connectivity index (χ1n) is 8.54. The molecule has 1 aromatic heterocycles. The zero-order valence-corrected chi connectivity index (χ0v) is 17.1. The van der Waals surface area contributed by atoms with E-state index in [0.29, 0.717) is 6.61 Å². The quantitative estimate of drug-likeness (QED) is 0.755. The summed E-state index contributed by atoms with van der Waals surface area (Å²) >= 11 is 0. The van der Waals surface area contributed by atoms with E-state index < -0.39 is 8.32 Å². The minimum atomic E-state index is -1.85. The molecular weight excluding hydrogens is 330 g/mol. The number of benzene rings is 1. The lowest BCUT2D eigenvalue weighted by molar-refractivity contribution is 0.276. The Labute approximate surface area is 152 Å². The molecule has 5 heteroatoms. The second-order valence-corrected chi connectivity index (χ2v) is 12.6. The van der Waals surface area contributed by atoms with Crippen LogP contribution in [0.15, 0.2) is 36.7 Å². The van der Waals surface area contributed by atoms with Crippen LogP contribution < -0.4 is 4.74 Å². The van der Waals surface area contributed by atoms with Crippen LogP contribution in [0.25, 0.3) is 11.1 Å². The van der Waals surface area contributed by atoms with Crippen molar-refractivity contribution in [3.63, 3.8) is 0 Å². The summed E-state index contributed by atoms with van der Waals surface area (Å²) in [5.41, 5.74) is 3.86. The molecule has 0 spiro atoms. The summed E-state index contributed by atoms with van der Waals surface area (Å²) in [5.74, 6) is 0.775. The largest absolute Gasteiger partial charge is 0.496 e. The van der Waals surface area contributed by atoms with Crippen molar-refractivity contribution in [1.82, 2.24) is 4.98 Å². The first-order chi connectivity index (χ1) is 11.7. The molecule has 0 saturated carbocycles. The van der Waals surface area contributed by atoms with Gasteiger partial charge >= 0.3 is 0 Å². The molecule has 0 radical (unpaired) electrons. The van der Waals surface area contributed by atoms with Crippen LogP contribution in [0.3, 0.4) is 0 Å². The normalized spacial score (nSPS) is 12.3. The summed E-state index contributed by atoms with van der Waals surface area (Å²) in [4.78, 5) is 4.28. The molecule has 4 nitrogen and oxygen atoms in total. The molecule has 0 unspecified atom stereocenters. The minimum Gasteiger partial charge on any atom is -0.496 e. The van der Waals surface area contributed by atoms with Crippen molar-refractivity contribution in [2.75, 3.05) is 7.11 Å². The topological polar surface area (TPSA) is 51.6 Å². The zero-order valence-electron chi connectivity index (χ0n) is 16.1. The molecule has 1 N–H and O–H groups in total. The Morgan fingerprint density at radius 3 is 2.44 bits per heavy atom. The van der Waals surface area contributed by atoms with Gasteiger partial charge in [0, 0.05) is 23.5 Å². The maximum absolute atomic E-state index is 9.47. The van der Waals surface area contributed by atoms with Crippen molar-refractivity contribution in [1.29, 1.82) is 0 Å². The predicted molar refractivity (Wildman–Crippen MR) is 104 cm³/mol. The standard InChI is InChI=1S/C20H29NO3Si/c1-20(2,3)25(5,6)24-14-16-12-21-10-9-17(16)18-11-15(13-22)7-8-19(18)23-4/h7-12,22H,13-14H2,1-6H3. The Morgan fingerprint density at radius 2 is 1.84 bits per heavy atom. The van der Waals surface area contributed by atoms with Gasteiger partial charge in [0.2, 0.25) is 0 Å². The fraction of sp³-hybridized carbons (Fsp3) is 0.450. The lowest BCUT2D eigenvalue weighted by Gasteiger charge is -2.36. The van der Waals surface area contributed by atoms with Crippen LogP contribution in [0.2, 0.25) is 18.1 Å². The molecule has 0 atom stereocenters. The number of aromatic nitrogens is 1. The second kappa shape index (κ2) is 7.68. The number of hydrogen-bond donors (Lipinski definition) is 1. The van der Waals surface area contributed by atoms with Gasteiger partial charge in [0.05, 0.1) is 20.3 Å². The SMILES string of the molecule is COc1ccc(CO)cc1-c1ccncc1CO[Si](C)(C)C(C)(C)C. The molecule has 2 rings (SSSR count). The fourth-order valence-electron chi connectivity index (χ4n) is 2.34. The van der Waals surface area contributed by atoms with Gasteiger partial charge in [0.25, 0.3) is 0 Å². The lowest BCUT2D eigenvalue weighted by atomic mass is 9.99. The number of aliphatic hydroxyl groups excluding tert-OH is 1. The van der Waals surface area contributed by atoms with E-state index in [-0.39, 0.29) is 11.6 Å². The van der Waals surface area contributed by atoms with Gasteiger partial charge < -0.3 is 14.3 Å². The van der Waals surface area contributed by atoms with Gasteiger partial charge in [-0.05, 0) is 47.5 Å². The molecule has 0 fully saturated rings. The fourth-order valence-corrected chi connectivity index (χ4v) is 3.29. The Kier molecular flexibility index (Phi) is 6.03. The number of ether oxygens (including phenoxy) is 1. The molecular formula is C20H29NO3Si. The van der Waals surface area contributed by atoms with Crippen molar-refractivity contribution in [3.8, 4) is 16.9 Å². The van der Waals surface area contributed by atoms with Gasteiger partial charge in [-0.1, -0.05) is 26.8 Å². The van der Waals surface area contributed by atoms with Crippen molar-refractivity contribution < 1.29 is 14.3 Å². The van der Waals surface area contributed by atoms with E-state index in [1.54, 1.807) is 13.3 Å². The van der Waals surface area contributed by atoms with E-state index in [1.165, 1.54) is 0 Å². The Morgan fingerprint density at radius 1 is 1.12 bits per heavy atom. The summed E-state index contributed by atoms with van der Waals surface area (Å²) in [6.07, 6.45) is 3.63. The van der Waals surface area contributed by atoms with E-state index >= 15 is 0 Å². The van der Waals surface area contributed by atoms with Gasteiger partial charge in [-0.2, -0.15) is 0 Å². The number of pyridine rings is 1. The summed E-state index contributed by atoms with van der Waals surface area (Å²) in [6.45, 7) is 11.7. The molecule has 1 heterocycles. The average molecular weight is 360 g/mol. The van der Waals surface area contributed by atoms with E-state index in [1.807, 2.05) is 30.5 Å². The molecule has 136 valence electrons. The van der Waals surface area contributed by atoms with Gasteiger partial charge in [0.15, 0.2) is 8.32 Å². The number of methoxy groups -OCH3 is 1. The molecule has 25 heavy (non-hydrogen) atoms. The molecule has 1 aromatic carbocycles. The molecule has 0 saturated heterocycles. The summed E-state index contributed by atoms with van der Waals surface area (Å²) in [7, 11) is -0.193. The van der Waals surface area contributed by atoms with Crippen LogP contribution in [0.5, 0.6) is 5.75 Å². The summed E-state index contributed by atoms with van der Waals surface area (Å²) in [6, 6.07) is 7.70.